The molecule has 0 aliphatic rings. The predicted octanol–water partition coefficient (Wildman–Crippen LogP) is 3.63. The number of aldehydes is 1. The van der Waals surface area contributed by atoms with Crippen molar-refractivity contribution >= 4 is 38.1 Å². The van der Waals surface area contributed by atoms with Gasteiger partial charge in [-0.05, 0) is 28.1 Å². The van der Waals surface area contributed by atoms with Crippen molar-refractivity contribution in [2.45, 2.75) is 6.61 Å². The van der Waals surface area contributed by atoms with Crippen LogP contribution in [0.4, 0.5) is 8.78 Å². The zero-order valence-corrected chi connectivity index (χ0v) is 9.81. The Balaban J connectivity index is 3.17. The van der Waals surface area contributed by atoms with Gasteiger partial charge in [-0.3, -0.25) is 4.79 Å². The molecule has 76 valence electrons. The molecule has 0 bridgehead atoms. The summed E-state index contributed by atoms with van der Waals surface area (Å²) in [6, 6.07) is 2.88. The molecule has 0 amide bonds. The van der Waals surface area contributed by atoms with Gasteiger partial charge in [0.25, 0.3) is 0 Å². The first-order chi connectivity index (χ1) is 6.54. The summed E-state index contributed by atoms with van der Waals surface area (Å²) < 4.78 is 29.0. The molecular formula is C8H4Br2F2O2. The fourth-order valence-corrected chi connectivity index (χ4v) is 2.15. The van der Waals surface area contributed by atoms with E-state index in [0.29, 0.717) is 15.2 Å². The second-order valence-electron chi connectivity index (χ2n) is 2.30. The van der Waals surface area contributed by atoms with Crippen molar-refractivity contribution in [3.8, 4) is 5.75 Å². The van der Waals surface area contributed by atoms with Crippen LogP contribution in [0.15, 0.2) is 21.1 Å². The molecule has 0 aliphatic carbocycles. The highest BCUT2D eigenvalue weighted by atomic mass is 79.9. The molecule has 0 radical (unpaired) electrons. The molecule has 0 heterocycles. The molecule has 1 aromatic carbocycles. The van der Waals surface area contributed by atoms with Gasteiger partial charge in [-0.1, -0.05) is 15.9 Å². The number of hydrogen-bond donors (Lipinski definition) is 0. The fraction of sp³-hybridized carbons (Fsp3) is 0.125. The molecule has 0 saturated carbocycles. The van der Waals surface area contributed by atoms with Crippen LogP contribution < -0.4 is 4.74 Å². The number of benzene rings is 1. The molecule has 1 rings (SSSR count). The molecular weight excluding hydrogens is 326 g/mol. The Morgan fingerprint density at radius 1 is 1.36 bits per heavy atom. The fourth-order valence-electron chi connectivity index (χ4n) is 0.869. The SMILES string of the molecule is O=Cc1c(Br)cc(Br)cc1OC(F)F. The van der Waals surface area contributed by atoms with Gasteiger partial charge in [0.1, 0.15) is 5.75 Å². The van der Waals surface area contributed by atoms with Crippen molar-refractivity contribution in [1.29, 1.82) is 0 Å². The average molecular weight is 330 g/mol. The summed E-state index contributed by atoms with van der Waals surface area (Å²) in [5.74, 6) is -0.156. The first-order valence-electron chi connectivity index (χ1n) is 3.43. The van der Waals surface area contributed by atoms with Gasteiger partial charge in [0.2, 0.25) is 0 Å². The van der Waals surface area contributed by atoms with Crippen LogP contribution in [-0.4, -0.2) is 12.9 Å². The lowest BCUT2D eigenvalue weighted by atomic mass is 10.2. The summed E-state index contributed by atoms with van der Waals surface area (Å²) >= 11 is 6.16. The molecule has 0 fully saturated rings. The largest absolute Gasteiger partial charge is 0.434 e. The first kappa shape index (κ1) is 11.6. The lowest BCUT2D eigenvalue weighted by molar-refractivity contribution is -0.0501. The molecule has 0 unspecified atom stereocenters. The molecule has 0 spiro atoms. The molecule has 0 saturated heterocycles. The maximum absolute atomic E-state index is 11.9. The summed E-state index contributed by atoms with van der Waals surface area (Å²) in [5, 5.41) is 0. The van der Waals surface area contributed by atoms with Crippen LogP contribution >= 0.6 is 31.9 Å². The Morgan fingerprint density at radius 2 is 2.00 bits per heavy atom. The zero-order valence-electron chi connectivity index (χ0n) is 6.64. The van der Waals surface area contributed by atoms with Gasteiger partial charge in [-0.25, -0.2) is 0 Å². The Bertz CT molecular complexity index is 355. The van der Waals surface area contributed by atoms with Gasteiger partial charge in [0, 0.05) is 8.95 Å². The summed E-state index contributed by atoms with van der Waals surface area (Å²) in [6.45, 7) is -2.95. The molecule has 0 aliphatic heterocycles. The third kappa shape index (κ3) is 2.75. The zero-order chi connectivity index (χ0) is 10.7. The highest BCUT2D eigenvalue weighted by molar-refractivity contribution is 9.11. The van der Waals surface area contributed by atoms with E-state index in [-0.39, 0.29) is 11.3 Å². The maximum Gasteiger partial charge on any atom is 0.387 e. The van der Waals surface area contributed by atoms with Gasteiger partial charge < -0.3 is 4.74 Å². The molecule has 2 nitrogen and oxygen atoms in total. The van der Waals surface area contributed by atoms with Crippen molar-refractivity contribution in [2.24, 2.45) is 0 Å². The number of carbonyl (C=O) groups is 1. The molecule has 14 heavy (non-hydrogen) atoms. The Hall–Kier alpha value is -0.490. The average Bonchev–Trinajstić information content (AvgIpc) is 2.01. The Morgan fingerprint density at radius 3 is 2.50 bits per heavy atom. The first-order valence-corrected chi connectivity index (χ1v) is 5.02. The van der Waals surface area contributed by atoms with E-state index in [4.69, 9.17) is 0 Å². The summed E-state index contributed by atoms with van der Waals surface area (Å²) in [7, 11) is 0. The number of carbonyl (C=O) groups excluding carboxylic acids is 1. The number of ether oxygens (including phenoxy) is 1. The smallest absolute Gasteiger partial charge is 0.387 e. The van der Waals surface area contributed by atoms with Crippen LogP contribution in [0.25, 0.3) is 0 Å². The van der Waals surface area contributed by atoms with E-state index in [9.17, 15) is 13.6 Å². The number of rotatable bonds is 3. The predicted molar refractivity (Wildman–Crippen MR) is 53.9 cm³/mol. The Labute approximate surface area is 95.5 Å². The van der Waals surface area contributed by atoms with Crippen molar-refractivity contribution in [3.63, 3.8) is 0 Å². The van der Waals surface area contributed by atoms with Gasteiger partial charge in [-0.2, -0.15) is 8.78 Å². The van der Waals surface area contributed by atoms with E-state index in [2.05, 4.69) is 36.6 Å². The second kappa shape index (κ2) is 4.84. The van der Waals surface area contributed by atoms with Crippen LogP contribution in [0.1, 0.15) is 10.4 Å². The minimum absolute atomic E-state index is 0.0634. The van der Waals surface area contributed by atoms with Crippen LogP contribution in [0, 0.1) is 0 Å². The van der Waals surface area contributed by atoms with E-state index >= 15 is 0 Å². The third-order valence-electron chi connectivity index (χ3n) is 1.39. The van der Waals surface area contributed by atoms with Gasteiger partial charge in [0.05, 0.1) is 5.56 Å². The van der Waals surface area contributed by atoms with Crippen molar-refractivity contribution in [1.82, 2.24) is 0 Å². The number of alkyl halides is 2. The van der Waals surface area contributed by atoms with Crippen LogP contribution in [0.2, 0.25) is 0 Å². The highest BCUT2D eigenvalue weighted by Gasteiger charge is 2.13. The molecule has 6 heteroatoms. The van der Waals surface area contributed by atoms with Crippen molar-refractivity contribution < 1.29 is 18.3 Å². The standard InChI is InChI=1S/C8H4Br2F2O2/c9-4-1-6(10)5(3-13)7(2-4)14-8(11)12/h1-3,8H. The normalized spacial score (nSPS) is 10.4. The van der Waals surface area contributed by atoms with E-state index in [1.807, 2.05) is 0 Å². The monoisotopic (exact) mass is 328 g/mol. The van der Waals surface area contributed by atoms with Gasteiger partial charge >= 0.3 is 6.61 Å². The molecule has 0 N–H and O–H groups in total. The summed E-state index contributed by atoms with van der Waals surface area (Å²) in [5.41, 5.74) is 0.0634. The Kier molecular flexibility index (Phi) is 4.00. The number of halogens is 4. The van der Waals surface area contributed by atoms with Crippen LogP contribution in [-0.2, 0) is 0 Å². The topological polar surface area (TPSA) is 26.3 Å². The van der Waals surface area contributed by atoms with Crippen LogP contribution in [0.3, 0.4) is 0 Å². The second-order valence-corrected chi connectivity index (χ2v) is 4.07. The van der Waals surface area contributed by atoms with E-state index in [1.54, 1.807) is 6.07 Å². The minimum atomic E-state index is -2.95. The van der Waals surface area contributed by atoms with E-state index in [1.165, 1.54) is 6.07 Å². The van der Waals surface area contributed by atoms with Crippen molar-refractivity contribution in [2.75, 3.05) is 0 Å². The minimum Gasteiger partial charge on any atom is -0.434 e. The van der Waals surface area contributed by atoms with Crippen LogP contribution in [0.5, 0.6) is 5.75 Å². The third-order valence-corrected chi connectivity index (χ3v) is 2.50. The summed E-state index contributed by atoms with van der Waals surface area (Å²) in [4.78, 5) is 10.6. The molecule has 0 atom stereocenters. The quantitative estimate of drug-likeness (QED) is 0.792. The maximum atomic E-state index is 11.9. The lowest BCUT2D eigenvalue weighted by Crippen LogP contribution is -2.04. The van der Waals surface area contributed by atoms with Gasteiger partial charge in [0.15, 0.2) is 6.29 Å². The van der Waals surface area contributed by atoms with Gasteiger partial charge in [-0.15, -0.1) is 0 Å². The summed E-state index contributed by atoms with van der Waals surface area (Å²) in [6.07, 6.45) is 0.453. The lowest BCUT2D eigenvalue weighted by Gasteiger charge is -2.08. The number of hydrogen-bond acceptors (Lipinski definition) is 2. The highest BCUT2D eigenvalue weighted by Crippen LogP contribution is 2.30. The molecule has 1 aromatic rings. The van der Waals surface area contributed by atoms with Crippen molar-refractivity contribution in [3.05, 3.63) is 26.6 Å². The molecule has 0 aromatic heterocycles. The van der Waals surface area contributed by atoms with E-state index < -0.39 is 6.61 Å². The van der Waals surface area contributed by atoms with E-state index in [0.717, 1.165) is 0 Å².